The molecule has 124 valence electrons. The van der Waals surface area contributed by atoms with Gasteiger partial charge in [0.2, 0.25) is 0 Å². The molecule has 0 spiro atoms. The normalized spacial score (nSPS) is 16.3. The number of carbonyl (C=O) groups is 1. The Morgan fingerprint density at radius 1 is 0.960 bits per heavy atom. The molecule has 25 heavy (non-hydrogen) atoms. The highest BCUT2D eigenvalue weighted by atomic mass is 127. The largest absolute Gasteiger partial charge is 0.360 e. The summed E-state index contributed by atoms with van der Waals surface area (Å²) < 4.78 is 2.12. The van der Waals surface area contributed by atoms with Crippen molar-refractivity contribution in [1.82, 2.24) is 0 Å². The fourth-order valence-electron chi connectivity index (χ4n) is 3.03. The van der Waals surface area contributed by atoms with Gasteiger partial charge in [-0.25, -0.2) is 0 Å². The van der Waals surface area contributed by atoms with Gasteiger partial charge in [0.1, 0.15) is 6.17 Å². The molecule has 3 aromatic carbocycles. The molecule has 4 rings (SSSR count). The number of rotatable bonds is 2. The van der Waals surface area contributed by atoms with Gasteiger partial charge in [0.15, 0.2) is 0 Å². The van der Waals surface area contributed by atoms with Crippen molar-refractivity contribution in [3.05, 3.63) is 92.0 Å². The molecular formula is C20H14BrIN2O. The summed E-state index contributed by atoms with van der Waals surface area (Å²) in [5, 5.41) is 3.52. The SMILES string of the molecule is O=C1c2ccccc2NC(c2cccc(Br)c2)N1c1ccc(I)cc1. The molecule has 1 unspecified atom stereocenters. The number of fused-ring (bicyclic) bond motifs is 1. The molecule has 5 heteroatoms. The number of nitrogens with one attached hydrogen (secondary N) is 1. The van der Waals surface area contributed by atoms with Gasteiger partial charge < -0.3 is 5.32 Å². The van der Waals surface area contributed by atoms with E-state index >= 15 is 0 Å². The van der Waals surface area contributed by atoms with Crippen LogP contribution in [0.1, 0.15) is 22.1 Å². The molecule has 0 bridgehead atoms. The lowest BCUT2D eigenvalue weighted by atomic mass is 10.0. The first-order chi connectivity index (χ1) is 12.1. The van der Waals surface area contributed by atoms with Crippen LogP contribution in [-0.2, 0) is 0 Å². The van der Waals surface area contributed by atoms with E-state index in [0.29, 0.717) is 5.56 Å². The van der Waals surface area contributed by atoms with Crippen LogP contribution in [0.3, 0.4) is 0 Å². The Labute approximate surface area is 168 Å². The number of hydrogen-bond donors (Lipinski definition) is 1. The molecule has 1 amide bonds. The van der Waals surface area contributed by atoms with Gasteiger partial charge in [-0.3, -0.25) is 9.69 Å². The fraction of sp³-hybridized carbons (Fsp3) is 0.0500. The summed E-state index contributed by atoms with van der Waals surface area (Å²) in [5.74, 6) is 0.000494. The molecule has 3 nitrogen and oxygen atoms in total. The van der Waals surface area contributed by atoms with Crippen molar-refractivity contribution in [2.24, 2.45) is 0 Å². The van der Waals surface area contributed by atoms with Crippen molar-refractivity contribution in [2.45, 2.75) is 6.17 Å². The average Bonchev–Trinajstić information content (AvgIpc) is 2.63. The van der Waals surface area contributed by atoms with Gasteiger partial charge in [-0.1, -0.05) is 40.2 Å². The molecule has 1 aliphatic heterocycles. The second-order valence-corrected chi connectivity index (χ2v) is 7.96. The number of benzene rings is 3. The average molecular weight is 505 g/mol. The van der Waals surface area contributed by atoms with Crippen molar-refractivity contribution in [2.75, 3.05) is 10.2 Å². The van der Waals surface area contributed by atoms with Crippen molar-refractivity contribution < 1.29 is 4.79 Å². The number of para-hydroxylation sites is 1. The van der Waals surface area contributed by atoms with Gasteiger partial charge in [0.05, 0.1) is 5.56 Å². The first-order valence-electron chi connectivity index (χ1n) is 7.83. The Hall–Kier alpha value is -1.86. The maximum absolute atomic E-state index is 13.2. The van der Waals surface area contributed by atoms with E-state index < -0.39 is 0 Å². The molecule has 1 heterocycles. The minimum atomic E-state index is -0.264. The lowest BCUT2D eigenvalue weighted by Gasteiger charge is -2.38. The van der Waals surface area contributed by atoms with E-state index in [1.165, 1.54) is 0 Å². The smallest absolute Gasteiger partial charge is 0.262 e. The van der Waals surface area contributed by atoms with Gasteiger partial charge in [-0.2, -0.15) is 0 Å². The summed E-state index contributed by atoms with van der Waals surface area (Å²) in [5.41, 5.74) is 3.44. The summed E-state index contributed by atoms with van der Waals surface area (Å²) in [6.07, 6.45) is -0.264. The molecule has 1 N–H and O–H groups in total. The molecule has 0 fully saturated rings. The predicted molar refractivity (Wildman–Crippen MR) is 113 cm³/mol. The number of anilines is 2. The topological polar surface area (TPSA) is 32.3 Å². The summed E-state index contributed by atoms with van der Waals surface area (Å²) in [6, 6.07) is 23.7. The third kappa shape index (κ3) is 3.18. The standard InChI is InChI=1S/C20H14BrIN2O/c21-14-5-3-4-13(12-14)19-23-18-7-2-1-6-17(18)20(25)24(19)16-10-8-15(22)9-11-16/h1-12,19,23H. The van der Waals surface area contributed by atoms with Crippen LogP contribution in [-0.4, -0.2) is 5.91 Å². The van der Waals surface area contributed by atoms with Crippen LogP contribution < -0.4 is 10.2 Å². The highest BCUT2D eigenvalue weighted by Crippen LogP contribution is 2.37. The number of carbonyl (C=O) groups excluding carboxylic acids is 1. The first kappa shape index (κ1) is 16.6. The number of nitrogens with zero attached hydrogens (tertiary/aromatic N) is 1. The minimum Gasteiger partial charge on any atom is -0.360 e. The summed E-state index contributed by atoms with van der Waals surface area (Å²) >= 11 is 5.80. The monoisotopic (exact) mass is 504 g/mol. The summed E-state index contributed by atoms with van der Waals surface area (Å²) in [6.45, 7) is 0. The van der Waals surface area contributed by atoms with Crippen LogP contribution in [0.2, 0.25) is 0 Å². The third-order valence-electron chi connectivity index (χ3n) is 4.20. The van der Waals surface area contributed by atoms with E-state index in [1.807, 2.05) is 77.7 Å². The van der Waals surface area contributed by atoms with Crippen LogP contribution in [0.15, 0.2) is 77.3 Å². The van der Waals surface area contributed by atoms with E-state index in [4.69, 9.17) is 0 Å². The lowest BCUT2D eigenvalue weighted by molar-refractivity contribution is 0.0975. The van der Waals surface area contributed by atoms with Gasteiger partial charge in [-0.05, 0) is 76.7 Å². The summed E-state index contributed by atoms with van der Waals surface area (Å²) in [4.78, 5) is 15.1. The van der Waals surface area contributed by atoms with Crippen molar-refractivity contribution in [3.63, 3.8) is 0 Å². The second kappa shape index (κ2) is 6.80. The number of halogens is 2. The molecule has 1 aliphatic rings. The zero-order chi connectivity index (χ0) is 17.4. The molecule has 1 atom stereocenters. The predicted octanol–water partition coefficient (Wildman–Crippen LogP) is 5.82. The van der Waals surface area contributed by atoms with E-state index in [9.17, 15) is 4.79 Å². The molecule has 0 aliphatic carbocycles. The Bertz CT molecular complexity index is 942. The molecule has 0 saturated carbocycles. The zero-order valence-corrected chi connectivity index (χ0v) is 16.9. The Balaban J connectivity index is 1.87. The third-order valence-corrected chi connectivity index (χ3v) is 5.41. The molecule has 0 aromatic heterocycles. The summed E-state index contributed by atoms with van der Waals surface area (Å²) in [7, 11) is 0. The highest BCUT2D eigenvalue weighted by molar-refractivity contribution is 14.1. The van der Waals surface area contributed by atoms with Gasteiger partial charge in [0.25, 0.3) is 5.91 Å². The number of hydrogen-bond acceptors (Lipinski definition) is 2. The quantitative estimate of drug-likeness (QED) is 0.445. The highest BCUT2D eigenvalue weighted by Gasteiger charge is 2.33. The number of amides is 1. The van der Waals surface area contributed by atoms with E-state index in [1.54, 1.807) is 0 Å². The molecule has 0 saturated heterocycles. The van der Waals surface area contributed by atoms with Crippen molar-refractivity contribution in [3.8, 4) is 0 Å². The van der Waals surface area contributed by atoms with Gasteiger partial charge >= 0.3 is 0 Å². The maximum atomic E-state index is 13.2. The van der Waals surface area contributed by atoms with Crippen molar-refractivity contribution >= 4 is 55.8 Å². The van der Waals surface area contributed by atoms with E-state index in [-0.39, 0.29) is 12.1 Å². The lowest BCUT2D eigenvalue weighted by Crippen LogP contribution is -2.43. The minimum absolute atomic E-state index is 0.000494. The Kier molecular flexibility index (Phi) is 4.52. The van der Waals surface area contributed by atoms with E-state index in [0.717, 1.165) is 25.0 Å². The van der Waals surface area contributed by atoms with Crippen molar-refractivity contribution in [1.29, 1.82) is 0 Å². The molecule has 3 aromatic rings. The first-order valence-corrected chi connectivity index (χ1v) is 9.71. The molecular weight excluding hydrogens is 491 g/mol. The van der Waals surface area contributed by atoms with Crippen LogP contribution in [0.5, 0.6) is 0 Å². The van der Waals surface area contributed by atoms with Crippen LogP contribution in [0.4, 0.5) is 11.4 Å². The zero-order valence-electron chi connectivity index (χ0n) is 13.1. The fourth-order valence-corrected chi connectivity index (χ4v) is 3.81. The maximum Gasteiger partial charge on any atom is 0.262 e. The Morgan fingerprint density at radius 3 is 2.48 bits per heavy atom. The van der Waals surface area contributed by atoms with Crippen LogP contribution >= 0.6 is 38.5 Å². The second-order valence-electron chi connectivity index (χ2n) is 5.80. The van der Waals surface area contributed by atoms with Crippen LogP contribution in [0, 0.1) is 3.57 Å². The van der Waals surface area contributed by atoms with E-state index in [2.05, 4.69) is 43.8 Å². The van der Waals surface area contributed by atoms with Gasteiger partial charge in [-0.15, -0.1) is 0 Å². The van der Waals surface area contributed by atoms with Crippen LogP contribution in [0.25, 0.3) is 0 Å². The Morgan fingerprint density at radius 2 is 1.72 bits per heavy atom. The van der Waals surface area contributed by atoms with Gasteiger partial charge in [0, 0.05) is 19.4 Å². The molecule has 0 radical (unpaired) electrons.